The Labute approximate surface area is 83.4 Å². The van der Waals surface area contributed by atoms with Gasteiger partial charge in [-0.15, -0.1) is 6.58 Å². The van der Waals surface area contributed by atoms with Crippen molar-refractivity contribution in [3.8, 4) is 0 Å². The lowest BCUT2D eigenvalue weighted by Gasteiger charge is -2.10. The highest BCUT2D eigenvalue weighted by Crippen LogP contribution is 2.24. The quantitative estimate of drug-likeness (QED) is 0.534. The first-order chi connectivity index (χ1) is 6.77. The van der Waals surface area contributed by atoms with Crippen molar-refractivity contribution in [2.45, 2.75) is 18.8 Å². The molecule has 14 heavy (non-hydrogen) atoms. The maximum Gasteiger partial charge on any atom is 0.306 e. The molecule has 3 heteroatoms. The number of ether oxygens (including phenoxy) is 1. The Morgan fingerprint density at radius 2 is 2.57 bits per heavy atom. The third kappa shape index (κ3) is 2.76. The summed E-state index contributed by atoms with van der Waals surface area (Å²) >= 11 is 0. The zero-order valence-corrected chi connectivity index (χ0v) is 8.23. The Bertz CT molecular complexity index is 287. The zero-order valence-electron chi connectivity index (χ0n) is 8.23. The van der Waals surface area contributed by atoms with Gasteiger partial charge in [0.25, 0.3) is 0 Å². The SMILES string of the molecule is C=CCC(CC(=O)OC)c1ccco1. The number of carbonyl (C=O) groups excluding carboxylic acids is 1. The second-order valence-electron chi connectivity index (χ2n) is 3.02. The lowest BCUT2D eigenvalue weighted by molar-refractivity contribution is -0.141. The number of allylic oxidation sites excluding steroid dienone is 1. The van der Waals surface area contributed by atoms with E-state index in [2.05, 4.69) is 11.3 Å². The fraction of sp³-hybridized carbons (Fsp3) is 0.364. The average molecular weight is 194 g/mol. The summed E-state index contributed by atoms with van der Waals surface area (Å²) in [5, 5.41) is 0. The molecular formula is C11H14O3. The second kappa shape index (κ2) is 5.27. The van der Waals surface area contributed by atoms with Crippen molar-refractivity contribution in [2.24, 2.45) is 0 Å². The summed E-state index contributed by atoms with van der Waals surface area (Å²) in [4.78, 5) is 11.1. The Morgan fingerprint density at radius 3 is 3.07 bits per heavy atom. The number of methoxy groups -OCH3 is 1. The minimum atomic E-state index is -0.228. The van der Waals surface area contributed by atoms with Gasteiger partial charge in [0.2, 0.25) is 0 Å². The fourth-order valence-electron chi connectivity index (χ4n) is 1.31. The summed E-state index contributed by atoms with van der Waals surface area (Å²) < 4.78 is 9.85. The van der Waals surface area contributed by atoms with E-state index in [0.717, 1.165) is 5.76 Å². The highest BCUT2D eigenvalue weighted by molar-refractivity contribution is 5.70. The minimum absolute atomic E-state index is 0.0370. The summed E-state index contributed by atoms with van der Waals surface area (Å²) in [6.45, 7) is 3.65. The molecule has 0 aliphatic heterocycles. The minimum Gasteiger partial charge on any atom is -0.469 e. The summed E-state index contributed by atoms with van der Waals surface area (Å²) in [5.41, 5.74) is 0. The van der Waals surface area contributed by atoms with Gasteiger partial charge in [0, 0.05) is 5.92 Å². The molecule has 0 spiro atoms. The standard InChI is InChI=1S/C11H14O3/c1-3-5-9(8-11(12)13-2)10-6-4-7-14-10/h3-4,6-7,9H,1,5,8H2,2H3. The molecule has 1 aromatic rings. The highest BCUT2D eigenvalue weighted by atomic mass is 16.5. The van der Waals surface area contributed by atoms with E-state index >= 15 is 0 Å². The van der Waals surface area contributed by atoms with E-state index in [-0.39, 0.29) is 11.9 Å². The van der Waals surface area contributed by atoms with Gasteiger partial charge in [0.1, 0.15) is 5.76 Å². The monoisotopic (exact) mass is 194 g/mol. The first-order valence-electron chi connectivity index (χ1n) is 4.49. The summed E-state index contributed by atoms with van der Waals surface area (Å²) in [7, 11) is 1.38. The van der Waals surface area contributed by atoms with E-state index < -0.39 is 0 Å². The number of esters is 1. The van der Waals surface area contributed by atoms with Crippen molar-refractivity contribution in [3.05, 3.63) is 36.8 Å². The van der Waals surface area contributed by atoms with E-state index in [1.165, 1.54) is 7.11 Å². The maximum absolute atomic E-state index is 11.1. The molecule has 1 rings (SSSR count). The second-order valence-corrected chi connectivity index (χ2v) is 3.02. The Balaban J connectivity index is 2.64. The maximum atomic E-state index is 11.1. The molecule has 0 aliphatic rings. The number of carbonyl (C=O) groups is 1. The molecule has 1 atom stereocenters. The number of hydrogen-bond acceptors (Lipinski definition) is 3. The lowest BCUT2D eigenvalue weighted by atomic mass is 9.99. The fourth-order valence-corrected chi connectivity index (χ4v) is 1.31. The van der Waals surface area contributed by atoms with Gasteiger partial charge in [-0.2, -0.15) is 0 Å². The predicted octanol–water partition coefficient (Wildman–Crippen LogP) is 2.50. The topological polar surface area (TPSA) is 39.4 Å². The van der Waals surface area contributed by atoms with E-state index in [1.54, 1.807) is 12.3 Å². The van der Waals surface area contributed by atoms with E-state index in [0.29, 0.717) is 12.8 Å². The molecule has 0 radical (unpaired) electrons. The number of hydrogen-bond donors (Lipinski definition) is 0. The van der Waals surface area contributed by atoms with Gasteiger partial charge in [-0.05, 0) is 18.6 Å². The normalized spacial score (nSPS) is 12.1. The van der Waals surface area contributed by atoms with Crippen molar-refractivity contribution >= 4 is 5.97 Å². The van der Waals surface area contributed by atoms with Crippen LogP contribution in [0.4, 0.5) is 0 Å². The third-order valence-electron chi connectivity index (χ3n) is 2.04. The molecule has 0 aliphatic carbocycles. The van der Waals surface area contributed by atoms with Crippen LogP contribution in [0.5, 0.6) is 0 Å². The van der Waals surface area contributed by atoms with E-state index in [4.69, 9.17) is 4.42 Å². The zero-order chi connectivity index (χ0) is 10.4. The van der Waals surface area contributed by atoms with E-state index in [9.17, 15) is 4.79 Å². The smallest absolute Gasteiger partial charge is 0.306 e. The Kier molecular flexibility index (Phi) is 3.98. The van der Waals surface area contributed by atoms with Gasteiger partial charge >= 0.3 is 5.97 Å². The first-order valence-corrected chi connectivity index (χ1v) is 4.49. The van der Waals surface area contributed by atoms with Crippen LogP contribution >= 0.6 is 0 Å². The molecular weight excluding hydrogens is 180 g/mol. The molecule has 0 fully saturated rings. The lowest BCUT2D eigenvalue weighted by Crippen LogP contribution is -2.07. The van der Waals surface area contributed by atoms with Crippen molar-refractivity contribution < 1.29 is 13.9 Å². The van der Waals surface area contributed by atoms with Crippen LogP contribution in [-0.4, -0.2) is 13.1 Å². The molecule has 1 unspecified atom stereocenters. The van der Waals surface area contributed by atoms with Gasteiger partial charge in [0.05, 0.1) is 19.8 Å². The van der Waals surface area contributed by atoms with Gasteiger partial charge in [-0.25, -0.2) is 0 Å². The van der Waals surface area contributed by atoms with Crippen molar-refractivity contribution in [1.29, 1.82) is 0 Å². The van der Waals surface area contributed by atoms with Gasteiger partial charge < -0.3 is 9.15 Å². The van der Waals surface area contributed by atoms with E-state index in [1.807, 2.05) is 12.1 Å². The third-order valence-corrected chi connectivity index (χ3v) is 2.04. The highest BCUT2D eigenvalue weighted by Gasteiger charge is 2.17. The first kappa shape index (κ1) is 10.6. The van der Waals surface area contributed by atoms with Crippen molar-refractivity contribution in [2.75, 3.05) is 7.11 Å². The van der Waals surface area contributed by atoms with Gasteiger partial charge in [-0.3, -0.25) is 4.79 Å². The van der Waals surface area contributed by atoms with Crippen LogP contribution in [0, 0.1) is 0 Å². The molecule has 0 N–H and O–H groups in total. The molecule has 1 heterocycles. The molecule has 0 saturated heterocycles. The van der Waals surface area contributed by atoms with Crippen LogP contribution in [-0.2, 0) is 9.53 Å². The van der Waals surface area contributed by atoms with Crippen LogP contribution in [0.2, 0.25) is 0 Å². The molecule has 3 nitrogen and oxygen atoms in total. The van der Waals surface area contributed by atoms with Crippen molar-refractivity contribution in [3.63, 3.8) is 0 Å². The average Bonchev–Trinajstić information content (AvgIpc) is 2.69. The van der Waals surface area contributed by atoms with Crippen LogP contribution in [0.1, 0.15) is 24.5 Å². The van der Waals surface area contributed by atoms with Gasteiger partial charge in [0.15, 0.2) is 0 Å². The Hall–Kier alpha value is -1.51. The molecule has 1 aromatic heterocycles. The number of furan rings is 1. The summed E-state index contributed by atoms with van der Waals surface area (Å²) in [6.07, 6.45) is 4.41. The molecule has 76 valence electrons. The van der Waals surface area contributed by atoms with Crippen LogP contribution in [0.15, 0.2) is 35.5 Å². The Morgan fingerprint density at radius 1 is 1.79 bits per heavy atom. The summed E-state index contributed by atoms with van der Waals surface area (Å²) in [6, 6.07) is 3.67. The van der Waals surface area contributed by atoms with Crippen LogP contribution in [0.25, 0.3) is 0 Å². The summed E-state index contributed by atoms with van der Waals surface area (Å²) in [5.74, 6) is 0.610. The van der Waals surface area contributed by atoms with Crippen LogP contribution < -0.4 is 0 Å². The molecule has 0 aromatic carbocycles. The van der Waals surface area contributed by atoms with Crippen molar-refractivity contribution in [1.82, 2.24) is 0 Å². The van der Waals surface area contributed by atoms with Gasteiger partial charge in [-0.1, -0.05) is 6.08 Å². The van der Waals surface area contributed by atoms with Crippen LogP contribution in [0.3, 0.4) is 0 Å². The molecule has 0 bridgehead atoms. The molecule has 0 amide bonds. The predicted molar refractivity (Wildman–Crippen MR) is 52.9 cm³/mol. The molecule has 0 saturated carbocycles. The number of rotatable bonds is 5. The largest absolute Gasteiger partial charge is 0.469 e.